The van der Waals surface area contributed by atoms with Crippen molar-refractivity contribution in [3.63, 3.8) is 0 Å². The molecule has 1 aromatic heterocycles. The number of para-hydroxylation sites is 1. The monoisotopic (exact) mass is 463 g/mol. The number of aliphatic hydroxyl groups is 1. The zero-order valence-corrected chi connectivity index (χ0v) is 20.4. The Morgan fingerprint density at radius 1 is 0.971 bits per heavy atom. The first-order valence-corrected chi connectivity index (χ1v) is 12.5. The van der Waals surface area contributed by atoms with Gasteiger partial charge in [0.25, 0.3) is 0 Å². The average Bonchev–Trinajstić information content (AvgIpc) is 3.27. The molecule has 182 valence electrons. The number of anilines is 1. The fourth-order valence-electron chi connectivity index (χ4n) is 4.61. The number of aliphatic hydroxyl groups excluding tert-OH is 1. The van der Waals surface area contributed by atoms with Crippen LogP contribution in [-0.4, -0.2) is 54.1 Å². The smallest absolute Gasteiger partial charge is 0.232 e. The second kappa shape index (κ2) is 12.0. The highest BCUT2D eigenvalue weighted by Gasteiger charge is 2.26. The van der Waals surface area contributed by atoms with Gasteiger partial charge < -0.3 is 19.3 Å². The van der Waals surface area contributed by atoms with Gasteiger partial charge in [0.15, 0.2) is 0 Å². The minimum Gasteiger partial charge on any atom is -0.491 e. The van der Waals surface area contributed by atoms with Gasteiger partial charge in [-0.05, 0) is 37.3 Å². The van der Waals surface area contributed by atoms with Crippen molar-refractivity contribution in [3.05, 3.63) is 66.2 Å². The van der Waals surface area contributed by atoms with Crippen molar-refractivity contribution in [2.45, 2.75) is 45.8 Å². The van der Waals surface area contributed by atoms with E-state index in [1.165, 1.54) is 19.3 Å². The molecule has 1 fully saturated rings. The molecule has 6 nitrogen and oxygen atoms in total. The van der Waals surface area contributed by atoms with Crippen molar-refractivity contribution in [2.24, 2.45) is 5.92 Å². The molecule has 0 bridgehead atoms. The lowest BCUT2D eigenvalue weighted by Gasteiger charge is -2.30. The maximum atomic E-state index is 10.8. The molecule has 1 atom stereocenters. The van der Waals surface area contributed by atoms with E-state index in [1.807, 2.05) is 48.5 Å². The first kappa shape index (κ1) is 24.3. The van der Waals surface area contributed by atoms with Crippen molar-refractivity contribution >= 4 is 5.88 Å². The summed E-state index contributed by atoms with van der Waals surface area (Å²) in [4.78, 5) is 4.64. The third kappa shape index (κ3) is 6.61. The number of benzene rings is 2. The van der Waals surface area contributed by atoms with Crippen LogP contribution in [-0.2, 0) is 6.54 Å². The van der Waals surface area contributed by atoms with Crippen LogP contribution in [0.2, 0.25) is 0 Å². The van der Waals surface area contributed by atoms with Crippen LogP contribution in [0.3, 0.4) is 0 Å². The normalized spacial score (nSPS) is 15.1. The van der Waals surface area contributed by atoms with Gasteiger partial charge in [-0.2, -0.15) is 0 Å². The van der Waals surface area contributed by atoms with Gasteiger partial charge in [-0.3, -0.25) is 4.90 Å². The molecule has 0 aliphatic carbocycles. The van der Waals surface area contributed by atoms with Gasteiger partial charge in [-0.15, -0.1) is 0 Å². The van der Waals surface area contributed by atoms with E-state index in [2.05, 4.69) is 40.9 Å². The van der Waals surface area contributed by atoms with Crippen LogP contribution < -0.4 is 9.64 Å². The Balaban J connectivity index is 1.53. The molecule has 34 heavy (non-hydrogen) atoms. The summed E-state index contributed by atoms with van der Waals surface area (Å²) in [5.41, 5.74) is 3.05. The summed E-state index contributed by atoms with van der Waals surface area (Å²) in [5, 5.41) is 15.3. The van der Waals surface area contributed by atoms with Gasteiger partial charge in [-0.1, -0.05) is 67.5 Å². The molecule has 1 unspecified atom stereocenters. The second-order valence-electron chi connectivity index (χ2n) is 9.59. The first-order chi connectivity index (χ1) is 16.6. The van der Waals surface area contributed by atoms with Gasteiger partial charge in [0, 0.05) is 38.3 Å². The molecule has 0 spiro atoms. The minimum atomic E-state index is -0.600. The highest BCUT2D eigenvalue weighted by molar-refractivity contribution is 5.68. The van der Waals surface area contributed by atoms with Crippen molar-refractivity contribution in [3.8, 4) is 17.0 Å². The maximum Gasteiger partial charge on any atom is 0.232 e. The molecule has 4 rings (SSSR count). The zero-order valence-electron chi connectivity index (χ0n) is 20.4. The van der Waals surface area contributed by atoms with Crippen molar-refractivity contribution in [2.75, 3.05) is 37.7 Å². The molecule has 6 heteroatoms. The van der Waals surface area contributed by atoms with Crippen molar-refractivity contribution in [1.29, 1.82) is 0 Å². The van der Waals surface area contributed by atoms with Crippen LogP contribution in [0.15, 0.2) is 65.2 Å². The predicted octanol–water partition coefficient (Wildman–Crippen LogP) is 5.23. The lowest BCUT2D eigenvalue weighted by Crippen LogP contribution is -2.38. The fraction of sp³-hybridized carbons (Fsp3) is 0.464. The number of rotatable bonds is 11. The largest absolute Gasteiger partial charge is 0.491 e. The van der Waals surface area contributed by atoms with Gasteiger partial charge in [0.05, 0.1) is 5.56 Å². The Bertz CT molecular complexity index is 985. The fourth-order valence-corrected chi connectivity index (χ4v) is 4.61. The Hall–Kier alpha value is -2.83. The number of hydrogen-bond donors (Lipinski definition) is 1. The Kier molecular flexibility index (Phi) is 8.61. The topological polar surface area (TPSA) is 62.0 Å². The number of nitrogens with zero attached hydrogens (tertiary/aromatic N) is 3. The lowest BCUT2D eigenvalue weighted by molar-refractivity contribution is 0.0615. The number of aromatic nitrogens is 1. The van der Waals surface area contributed by atoms with E-state index < -0.39 is 6.10 Å². The van der Waals surface area contributed by atoms with Crippen LogP contribution in [0.4, 0.5) is 5.88 Å². The Morgan fingerprint density at radius 3 is 2.32 bits per heavy atom. The summed E-state index contributed by atoms with van der Waals surface area (Å²) in [6.45, 7) is 8.70. The second-order valence-corrected chi connectivity index (χ2v) is 9.59. The van der Waals surface area contributed by atoms with Gasteiger partial charge in [0.2, 0.25) is 5.88 Å². The van der Waals surface area contributed by atoms with Crippen molar-refractivity contribution < 1.29 is 14.4 Å². The standard InChI is InChI=1S/C28H37N3O3/c1-22(2)18-30(19-24(32)21-33-25-14-8-4-9-15-25)20-26-27(23-12-6-3-7-13-23)29-34-28(26)31-16-10-5-11-17-31/h3-4,6-9,12-15,22,24,32H,5,10-11,16-21H2,1-2H3. The van der Waals surface area contributed by atoms with Crippen LogP contribution in [0.5, 0.6) is 5.75 Å². The highest BCUT2D eigenvalue weighted by Crippen LogP contribution is 2.34. The van der Waals surface area contributed by atoms with E-state index in [-0.39, 0.29) is 6.61 Å². The van der Waals surface area contributed by atoms with Crippen LogP contribution in [0.1, 0.15) is 38.7 Å². The van der Waals surface area contributed by atoms with E-state index in [4.69, 9.17) is 9.26 Å². The van der Waals surface area contributed by atoms with Gasteiger partial charge >= 0.3 is 0 Å². The molecule has 2 aromatic carbocycles. The van der Waals surface area contributed by atoms with Crippen LogP contribution >= 0.6 is 0 Å². The van der Waals surface area contributed by atoms with Crippen molar-refractivity contribution in [1.82, 2.24) is 10.1 Å². The van der Waals surface area contributed by atoms with Crippen LogP contribution in [0.25, 0.3) is 11.3 Å². The third-order valence-corrected chi connectivity index (χ3v) is 6.12. The van der Waals surface area contributed by atoms with Gasteiger partial charge in [0.1, 0.15) is 24.2 Å². The van der Waals surface area contributed by atoms with E-state index in [0.717, 1.165) is 48.1 Å². The summed E-state index contributed by atoms with van der Waals surface area (Å²) in [5.74, 6) is 2.11. The van der Waals surface area contributed by atoms with E-state index in [0.29, 0.717) is 19.0 Å². The first-order valence-electron chi connectivity index (χ1n) is 12.5. The molecule has 0 amide bonds. The van der Waals surface area contributed by atoms with Crippen LogP contribution in [0, 0.1) is 5.92 Å². The summed E-state index contributed by atoms with van der Waals surface area (Å²) in [6, 6.07) is 19.9. The van der Waals surface area contributed by atoms with E-state index in [9.17, 15) is 5.11 Å². The molecule has 1 aliphatic heterocycles. The molecular weight excluding hydrogens is 426 g/mol. The predicted molar refractivity (Wildman–Crippen MR) is 136 cm³/mol. The molecule has 0 radical (unpaired) electrons. The molecule has 0 saturated carbocycles. The van der Waals surface area contributed by atoms with Gasteiger partial charge in [-0.25, -0.2) is 0 Å². The lowest BCUT2D eigenvalue weighted by atomic mass is 10.0. The quantitative estimate of drug-likeness (QED) is 0.420. The molecule has 1 saturated heterocycles. The highest BCUT2D eigenvalue weighted by atomic mass is 16.5. The number of hydrogen-bond acceptors (Lipinski definition) is 6. The molecule has 2 heterocycles. The SMILES string of the molecule is CC(C)CN(Cc1c(-c2ccccc2)noc1N1CCCCC1)CC(O)COc1ccccc1. The Labute approximate surface area is 203 Å². The zero-order chi connectivity index (χ0) is 23.8. The molecule has 3 aromatic rings. The van der Waals surface area contributed by atoms with E-state index >= 15 is 0 Å². The Morgan fingerprint density at radius 2 is 1.65 bits per heavy atom. The summed E-state index contributed by atoms with van der Waals surface area (Å²) in [7, 11) is 0. The number of piperidine rings is 1. The average molecular weight is 464 g/mol. The summed E-state index contributed by atoms with van der Waals surface area (Å²) in [6.07, 6.45) is 3.01. The number of ether oxygens (including phenoxy) is 1. The third-order valence-electron chi connectivity index (χ3n) is 6.12. The summed E-state index contributed by atoms with van der Waals surface area (Å²) < 4.78 is 11.8. The molecule has 1 N–H and O–H groups in total. The maximum absolute atomic E-state index is 10.8. The minimum absolute atomic E-state index is 0.257. The molecular formula is C28H37N3O3. The summed E-state index contributed by atoms with van der Waals surface area (Å²) >= 11 is 0. The van der Waals surface area contributed by atoms with E-state index in [1.54, 1.807) is 0 Å². The molecule has 1 aliphatic rings.